The van der Waals surface area contributed by atoms with E-state index in [0.29, 0.717) is 5.92 Å². The molecule has 0 nitrogen and oxygen atoms in total. The zero-order valence-electron chi connectivity index (χ0n) is 13.9. The predicted octanol–water partition coefficient (Wildman–Crippen LogP) is -0.709. The van der Waals surface area contributed by atoms with Crippen molar-refractivity contribution in [1.82, 2.24) is 0 Å². The fraction of sp³-hybridized carbons (Fsp3) is 0.0952. The predicted molar refractivity (Wildman–Crippen MR) is 93.6 cm³/mol. The number of hydrogen-bond acceptors (Lipinski definition) is 0. The molecule has 0 radical (unpaired) electrons. The average molecular weight is 435 g/mol. The van der Waals surface area contributed by atoms with Crippen LogP contribution in [0.15, 0.2) is 66.3 Å². The Balaban J connectivity index is 0.00000132. The van der Waals surface area contributed by atoms with Crippen LogP contribution in [-0.4, -0.2) is 3.71 Å². The van der Waals surface area contributed by atoms with Crippen LogP contribution in [0.4, 0.5) is 0 Å². The van der Waals surface area contributed by atoms with Gasteiger partial charge in [-0.05, 0) is 0 Å². The van der Waals surface area contributed by atoms with Gasteiger partial charge in [-0.1, -0.05) is 0 Å². The summed E-state index contributed by atoms with van der Waals surface area (Å²) in [5, 5.41) is 0. The topological polar surface area (TPSA) is 0 Å². The monoisotopic (exact) mass is 432 g/mol. The molecular weight excluding hydrogens is 414 g/mol. The van der Waals surface area contributed by atoms with E-state index >= 15 is 0 Å². The molecule has 124 valence electrons. The van der Waals surface area contributed by atoms with E-state index in [4.69, 9.17) is 0 Å². The molecule has 3 heteroatoms. The van der Waals surface area contributed by atoms with Gasteiger partial charge in [0.25, 0.3) is 0 Å². The number of allylic oxidation sites excluding steroid dienone is 4. The molecule has 0 aromatic heterocycles. The molecule has 0 heterocycles. The Morgan fingerprint density at radius 2 is 1.62 bits per heavy atom. The molecule has 0 spiro atoms. The van der Waals surface area contributed by atoms with Crippen LogP contribution >= 0.6 is 0 Å². The van der Waals surface area contributed by atoms with E-state index in [1.165, 1.54) is 57.6 Å². The summed E-state index contributed by atoms with van der Waals surface area (Å²) < 4.78 is 2.33. The van der Waals surface area contributed by atoms with Crippen LogP contribution in [-0.2, 0) is 24.2 Å². The van der Waals surface area contributed by atoms with E-state index in [1.54, 1.807) is 0 Å². The van der Waals surface area contributed by atoms with Crippen LogP contribution in [0.25, 0.3) is 11.1 Å². The van der Waals surface area contributed by atoms with Gasteiger partial charge in [-0.15, -0.1) is 0 Å². The molecule has 1 atom stereocenters. The number of rotatable bonds is 2. The molecule has 1 unspecified atom stereocenters. The molecule has 0 aliphatic heterocycles. The van der Waals surface area contributed by atoms with Crippen molar-refractivity contribution in [2.45, 2.75) is 12.3 Å². The van der Waals surface area contributed by atoms with Crippen molar-refractivity contribution >= 4 is 3.71 Å². The van der Waals surface area contributed by atoms with E-state index in [0.717, 1.165) is 6.42 Å². The van der Waals surface area contributed by atoms with Gasteiger partial charge in [-0.2, -0.15) is 0 Å². The van der Waals surface area contributed by atoms with Crippen LogP contribution in [0, 0.1) is 14.9 Å². The van der Waals surface area contributed by atoms with Crippen LogP contribution in [0.5, 0.6) is 0 Å². The Kier molecular flexibility index (Phi) is 9.36. The number of benzene rings is 2. The Bertz CT molecular complexity index is 775. The van der Waals surface area contributed by atoms with Crippen molar-refractivity contribution in [3.63, 3.8) is 0 Å². The van der Waals surface area contributed by atoms with Crippen molar-refractivity contribution < 1.29 is 49.0 Å². The summed E-state index contributed by atoms with van der Waals surface area (Å²) in [5.74, 6) is 0.448. The third-order valence-corrected chi connectivity index (χ3v) is 5.08. The van der Waals surface area contributed by atoms with Gasteiger partial charge in [0.05, 0.1) is 0 Å². The molecule has 24 heavy (non-hydrogen) atoms. The van der Waals surface area contributed by atoms with Crippen LogP contribution in [0.3, 0.4) is 0 Å². The molecule has 0 saturated carbocycles. The van der Waals surface area contributed by atoms with E-state index in [9.17, 15) is 0 Å². The normalized spacial score (nSPS) is 15.6. The summed E-state index contributed by atoms with van der Waals surface area (Å²) >= 11 is 1.47. The van der Waals surface area contributed by atoms with Gasteiger partial charge in [0.15, 0.2) is 0 Å². The quantitative estimate of drug-likeness (QED) is 0.548. The van der Waals surface area contributed by atoms with Crippen LogP contribution < -0.4 is 24.8 Å². The summed E-state index contributed by atoms with van der Waals surface area (Å²) in [7, 11) is 0. The number of fused-ring (bicyclic) bond motifs is 3. The standard InChI is InChI=1S/C19H14.2CH3.2ClH.Zr/c1-13-7-6-12-16-15-10-4-5-11-17(15)19(18(13)16)14-8-2-3-9-14;;;;;/h1-8,10-12,19H,9H2;2*1H3;2*1H;/q;2*-1;;;+2/p-2. The third-order valence-electron chi connectivity index (χ3n) is 4.32. The van der Waals surface area contributed by atoms with Gasteiger partial charge in [0.1, 0.15) is 0 Å². The van der Waals surface area contributed by atoms with Gasteiger partial charge in [0.2, 0.25) is 0 Å². The summed E-state index contributed by atoms with van der Waals surface area (Å²) in [6.45, 7) is 0. The van der Waals surface area contributed by atoms with Crippen LogP contribution in [0.2, 0.25) is 0 Å². The first-order chi connectivity index (χ1) is 9.90. The molecule has 2 aromatic carbocycles. The molecule has 0 saturated heterocycles. The van der Waals surface area contributed by atoms with E-state index in [-0.39, 0.29) is 39.7 Å². The SMILES string of the molecule is [CH3-].[CH3-].[Cl-].[Cl-].[Zr+2]=[CH]c1cccc2c1C(C1=CC=CC1)c1ccccc1-2. The first kappa shape index (κ1) is 23.3. The Morgan fingerprint density at radius 3 is 2.29 bits per heavy atom. The maximum atomic E-state index is 2.33. The van der Waals surface area contributed by atoms with E-state index in [1.807, 2.05) is 0 Å². The minimum absolute atomic E-state index is 0. The Hall–Kier alpha value is -0.747. The van der Waals surface area contributed by atoms with Crippen molar-refractivity contribution in [1.29, 1.82) is 0 Å². The molecule has 2 aliphatic carbocycles. The first-order valence-electron chi connectivity index (χ1n) is 6.98. The maximum absolute atomic E-state index is 2.33. The van der Waals surface area contributed by atoms with Gasteiger partial charge in [-0.3, -0.25) is 0 Å². The molecule has 2 aliphatic rings. The molecule has 4 rings (SSSR count). The zero-order valence-corrected chi connectivity index (χ0v) is 17.9. The van der Waals surface area contributed by atoms with Gasteiger partial charge < -0.3 is 39.7 Å². The summed E-state index contributed by atoms with van der Waals surface area (Å²) in [6, 6.07) is 15.6. The fourth-order valence-corrected chi connectivity index (χ4v) is 4.10. The summed E-state index contributed by atoms with van der Waals surface area (Å²) in [6.07, 6.45) is 7.85. The van der Waals surface area contributed by atoms with Crippen molar-refractivity contribution in [3.05, 3.63) is 97.8 Å². The molecule has 0 fully saturated rings. The Labute approximate surface area is 173 Å². The Morgan fingerprint density at radius 1 is 0.917 bits per heavy atom. The van der Waals surface area contributed by atoms with Gasteiger partial charge >= 0.3 is 134 Å². The molecule has 0 bridgehead atoms. The van der Waals surface area contributed by atoms with E-state index < -0.39 is 0 Å². The zero-order chi connectivity index (χ0) is 13.5. The first-order valence-corrected chi connectivity index (χ1v) is 8.40. The second kappa shape index (κ2) is 9.66. The second-order valence-corrected chi connectivity index (χ2v) is 6.06. The fourth-order valence-electron chi connectivity index (χ4n) is 3.48. The third kappa shape index (κ3) is 3.59. The molecular formula is C21H20Cl2Zr-2. The van der Waals surface area contributed by atoms with E-state index in [2.05, 4.69) is 64.4 Å². The van der Waals surface area contributed by atoms with Crippen molar-refractivity contribution in [2.75, 3.05) is 0 Å². The van der Waals surface area contributed by atoms with Gasteiger partial charge in [0, 0.05) is 0 Å². The number of halogens is 2. The summed E-state index contributed by atoms with van der Waals surface area (Å²) in [4.78, 5) is 0. The second-order valence-electron chi connectivity index (χ2n) is 5.35. The summed E-state index contributed by atoms with van der Waals surface area (Å²) in [5.41, 5.74) is 8.77. The van der Waals surface area contributed by atoms with Crippen LogP contribution in [0.1, 0.15) is 29.0 Å². The van der Waals surface area contributed by atoms with Gasteiger partial charge in [-0.25, -0.2) is 0 Å². The number of hydrogen-bond donors (Lipinski definition) is 0. The minimum atomic E-state index is 0. The average Bonchev–Trinajstić information content (AvgIpc) is 3.12. The molecule has 0 N–H and O–H groups in total. The molecule has 2 aromatic rings. The molecule has 0 amide bonds. The van der Waals surface area contributed by atoms with Crippen molar-refractivity contribution in [2.24, 2.45) is 0 Å². The van der Waals surface area contributed by atoms with Crippen molar-refractivity contribution in [3.8, 4) is 11.1 Å².